The largest absolute Gasteiger partial charge is 0.545 e. The van der Waals surface area contributed by atoms with Gasteiger partial charge in [-0.1, -0.05) is 6.07 Å². The second kappa shape index (κ2) is 5.16. The molecule has 0 fully saturated rings. The summed E-state index contributed by atoms with van der Waals surface area (Å²) in [5.41, 5.74) is 0.0940. The highest BCUT2D eigenvalue weighted by Crippen LogP contribution is 2.21. The van der Waals surface area contributed by atoms with Crippen LogP contribution < -0.4 is 9.84 Å². The third kappa shape index (κ3) is 2.85. The van der Waals surface area contributed by atoms with Gasteiger partial charge in [0.1, 0.15) is 5.75 Å². The molecule has 0 amide bonds. The van der Waals surface area contributed by atoms with Crippen LogP contribution in [0.2, 0.25) is 0 Å². The first-order valence-electron chi connectivity index (χ1n) is 3.77. The predicted octanol–water partition coefficient (Wildman–Crippen LogP) is 0.637. The number of benzene rings is 1. The van der Waals surface area contributed by atoms with Gasteiger partial charge in [0.25, 0.3) is 0 Å². The van der Waals surface area contributed by atoms with Gasteiger partial charge in [-0.2, -0.15) is 0 Å². The molecule has 0 aliphatic rings. The second-order valence-corrected chi connectivity index (χ2v) is 3.65. The van der Waals surface area contributed by atoms with Crippen LogP contribution in [0.1, 0.15) is 10.4 Å². The molecule has 1 aromatic carbocycles. The number of carboxylic acid groups (broad SMARTS) is 1. The Balaban J connectivity index is 2.90. The normalized spacial score (nSPS) is 9.86. The van der Waals surface area contributed by atoms with Crippen molar-refractivity contribution in [1.29, 1.82) is 0 Å². The van der Waals surface area contributed by atoms with E-state index in [4.69, 9.17) is 9.47 Å². The van der Waals surface area contributed by atoms with Crippen molar-refractivity contribution in [2.24, 2.45) is 0 Å². The van der Waals surface area contributed by atoms with E-state index in [1.807, 2.05) is 22.6 Å². The first-order chi connectivity index (χ1) is 6.65. The minimum atomic E-state index is -1.22. The number of carboxylic acids is 1. The Morgan fingerprint density at radius 2 is 2.29 bits per heavy atom. The number of methoxy groups -OCH3 is 1. The summed E-state index contributed by atoms with van der Waals surface area (Å²) in [7, 11) is 1.50. The molecular formula is C9H8IO4-. The molecule has 0 atom stereocenters. The molecule has 0 saturated heterocycles. The second-order valence-electron chi connectivity index (χ2n) is 2.48. The SMILES string of the molecule is COCOc1cc(C(=O)[O-])ccc1I. The van der Waals surface area contributed by atoms with Crippen LogP contribution in [0.3, 0.4) is 0 Å². The summed E-state index contributed by atoms with van der Waals surface area (Å²) in [6, 6.07) is 4.53. The summed E-state index contributed by atoms with van der Waals surface area (Å²) < 4.78 is 10.7. The van der Waals surface area contributed by atoms with Crippen molar-refractivity contribution in [3.8, 4) is 5.75 Å². The monoisotopic (exact) mass is 307 g/mol. The van der Waals surface area contributed by atoms with Gasteiger partial charge in [-0.05, 0) is 34.7 Å². The smallest absolute Gasteiger partial charge is 0.188 e. The van der Waals surface area contributed by atoms with Gasteiger partial charge in [-0.15, -0.1) is 0 Å². The molecule has 0 aliphatic heterocycles. The molecule has 76 valence electrons. The standard InChI is InChI=1S/C9H9IO4/c1-13-5-14-8-4-6(9(11)12)2-3-7(8)10/h2-4H,5H2,1H3,(H,11,12)/p-1. The van der Waals surface area contributed by atoms with Crippen LogP contribution in [0.5, 0.6) is 5.75 Å². The molecule has 14 heavy (non-hydrogen) atoms. The Labute approximate surface area is 95.0 Å². The number of ether oxygens (including phenoxy) is 2. The zero-order chi connectivity index (χ0) is 10.6. The zero-order valence-corrected chi connectivity index (χ0v) is 9.61. The summed E-state index contributed by atoms with van der Waals surface area (Å²) in [4.78, 5) is 10.5. The highest BCUT2D eigenvalue weighted by molar-refractivity contribution is 14.1. The van der Waals surface area contributed by atoms with Gasteiger partial charge in [-0.25, -0.2) is 0 Å². The molecule has 0 aromatic heterocycles. The molecule has 0 radical (unpaired) electrons. The van der Waals surface area contributed by atoms with Crippen LogP contribution in [0, 0.1) is 3.57 Å². The Morgan fingerprint density at radius 3 is 2.86 bits per heavy atom. The quantitative estimate of drug-likeness (QED) is 0.605. The van der Waals surface area contributed by atoms with Gasteiger partial charge < -0.3 is 19.4 Å². The Bertz CT molecular complexity index is 338. The lowest BCUT2D eigenvalue weighted by Gasteiger charge is -2.09. The molecule has 5 heteroatoms. The summed E-state index contributed by atoms with van der Waals surface area (Å²) in [5.74, 6) is -0.738. The van der Waals surface area contributed by atoms with Crippen molar-refractivity contribution in [2.45, 2.75) is 0 Å². The van der Waals surface area contributed by atoms with E-state index in [9.17, 15) is 9.90 Å². The summed E-state index contributed by atoms with van der Waals surface area (Å²) in [6.07, 6.45) is 0. The Morgan fingerprint density at radius 1 is 1.57 bits per heavy atom. The number of rotatable bonds is 4. The molecule has 1 aromatic rings. The zero-order valence-electron chi connectivity index (χ0n) is 7.45. The van der Waals surface area contributed by atoms with Gasteiger partial charge in [0.15, 0.2) is 6.79 Å². The van der Waals surface area contributed by atoms with Crippen LogP contribution in [0.4, 0.5) is 0 Å². The number of aromatic carboxylic acids is 1. The third-order valence-electron chi connectivity index (χ3n) is 1.50. The van der Waals surface area contributed by atoms with E-state index < -0.39 is 5.97 Å². The summed E-state index contributed by atoms with van der Waals surface area (Å²) in [5, 5.41) is 10.5. The van der Waals surface area contributed by atoms with Gasteiger partial charge in [-0.3, -0.25) is 0 Å². The lowest BCUT2D eigenvalue weighted by atomic mass is 10.2. The van der Waals surface area contributed by atoms with Crippen molar-refractivity contribution in [3.63, 3.8) is 0 Å². The lowest BCUT2D eigenvalue weighted by Crippen LogP contribution is -2.22. The first-order valence-corrected chi connectivity index (χ1v) is 4.85. The molecular weight excluding hydrogens is 299 g/mol. The topological polar surface area (TPSA) is 58.6 Å². The number of halogens is 1. The highest BCUT2D eigenvalue weighted by atomic mass is 127. The van der Waals surface area contributed by atoms with Crippen molar-refractivity contribution >= 4 is 28.6 Å². The van der Waals surface area contributed by atoms with Gasteiger partial charge >= 0.3 is 0 Å². The predicted molar refractivity (Wildman–Crippen MR) is 56.0 cm³/mol. The number of hydrogen-bond acceptors (Lipinski definition) is 4. The van der Waals surface area contributed by atoms with Crippen LogP contribution >= 0.6 is 22.6 Å². The average Bonchev–Trinajstić information content (AvgIpc) is 2.16. The van der Waals surface area contributed by atoms with Gasteiger partial charge in [0, 0.05) is 12.7 Å². The highest BCUT2D eigenvalue weighted by Gasteiger charge is 2.02. The van der Waals surface area contributed by atoms with Crippen LogP contribution in [0.15, 0.2) is 18.2 Å². The maximum absolute atomic E-state index is 10.5. The Kier molecular flexibility index (Phi) is 4.15. The van der Waals surface area contributed by atoms with E-state index >= 15 is 0 Å². The van der Waals surface area contributed by atoms with Crippen LogP contribution in [-0.4, -0.2) is 19.9 Å². The first kappa shape index (κ1) is 11.3. The summed E-state index contributed by atoms with van der Waals surface area (Å²) in [6.45, 7) is 0.0898. The molecule has 0 saturated carbocycles. The van der Waals surface area contributed by atoms with E-state index in [0.717, 1.165) is 3.57 Å². The van der Waals surface area contributed by atoms with Crippen molar-refractivity contribution in [3.05, 3.63) is 27.3 Å². The lowest BCUT2D eigenvalue weighted by molar-refractivity contribution is -0.255. The molecule has 0 aliphatic carbocycles. The Hall–Kier alpha value is -0.820. The fourth-order valence-corrected chi connectivity index (χ4v) is 1.35. The van der Waals surface area contributed by atoms with Crippen LogP contribution in [0.25, 0.3) is 0 Å². The minimum Gasteiger partial charge on any atom is -0.545 e. The fourth-order valence-electron chi connectivity index (χ4n) is 0.863. The van der Waals surface area contributed by atoms with Gasteiger partial charge in [0.2, 0.25) is 0 Å². The van der Waals surface area contributed by atoms with E-state index in [1.54, 1.807) is 6.07 Å². The van der Waals surface area contributed by atoms with Crippen LogP contribution in [-0.2, 0) is 4.74 Å². The number of carbonyl (C=O) groups is 1. The average molecular weight is 307 g/mol. The molecule has 0 N–H and O–H groups in total. The molecule has 0 bridgehead atoms. The maximum Gasteiger partial charge on any atom is 0.188 e. The van der Waals surface area contributed by atoms with E-state index in [2.05, 4.69) is 0 Å². The van der Waals surface area contributed by atoms with Crippen molar-refractivity contribution in [2.75, 3.05) is 13.9 Å². The molecule has 0 spiro atoms. The van der Waals surface area contributed by atoms with Crippen molar-refractivity contribution in [1.82, 2.24) is 0 Å². The van der Waals surface area contributed by atoms with E-state index in [0.29, 0.717) is 5.75 Å². The molecule has 0 heterocycles. The molecule has 0 unspecified atom stereocenters. The van der Waals surface area contributed by atoms with Crippen molar-refractivity contribution < 1.29 is 19.4 Å². The third-order valence-corrected chi connectivity index (χ3v) is 2.39. The maximum atomic E-state index is 10.5. The molecule has 4 nitrogen and oxygen atoms in total. The van der Waals surface area contributed by atoms with Gasteiger partial charge in [0.05, 0.1) is 9.54 Å². The van der Waals surface area contributed by atoms with E-state index in [1.165, 1.54) is 19.2 Å². The number of carbonyl (C=O) groups excluding carboxylic acids is 1. The fraction of sp³-hybridized carbons (Fsp3) is 0.222. The molecule has 1 rings (SSSR count). The minimum absolute atomic E-state index is 0.0898. The summed E-state index contributed by atoms with van der Waals surface area (Å²) >= 11 is 2.05. The van der Waals surface area contributed by atoms with E-state index in [-0.39, 0.29) is 12.4 Å². The number of hydrogen-bond donors (Lipinski definition) is 0.